The number of pyridine rings is 1. The summed E-state index contributed by atoms with van der Waals surface area (Å²) in [6.45, 7) is 3.01. The first-order chi connectivity index (χ1) is 9.08. The number of hydrogen-bond acceptors (Lipinski definition) is 3. The van der Waals surface area contributed by atoms with Gasteiger partial charge in [-0.05, 0) is 31.7 Å². The molecule has 1 unspecified atom stereocenters. The zero-order valence-electron chi connectivity index (χ0n) is 11.3. The maximum Gasteiger partial charge on any atom is 0.0742 e. The zero-order valence-corrected chi connectivity index (χ0v) is 12.2. The third kappa shape index (κ3) is 3.49. The number of rotatable bonds is 5. The Labute approximate surface area is 119 Å². The molecule has 0 aliphatic carbocycles. The van der Waals surface area contributed by atoms with Crippen molar-refractivity contribution in [3.05, 3.63) is 42.1 Å². The van der Waals surface area contributed by atoms with E-state index in [4.69, 9.17) is 18.0 Å². The summed E-state index contributed by atoms with van der Waals surface area (Å²) in [5.41, 5.74) is 7.93. The van der Waals surface area contributed by atoms with Gasteiger partial charge >= 0.3 is 0 Å². The molecule has 0 radical (unpaired) electrons. The number of aromatic nitrogens is 1. The van der Waals surface area contributed by atoms with E-state index in [1.54, 1.807) is 0 Å². The van der Waals surface area contributed by atoms with Crippen LogP contribution < -0.4 is 5.73 Å². The van der Waals surface area contributed by atoms with Crippen molar-refractivity contribution in [2.45, 2.75) is 25.9 Å². The highest BCUT2D eigenvalue weighted by Gasteiger charge is 2.12. The minimum absolute atomic E-state index is 0.337. The van der Waals surface area contributed by atoms with E-state index in [2.05, 4.69) is 36.0 Å². The molecule has 0 bridgehead atoms. The molecule has 1 aromatic heterocycles. The van der Waals surface area contributed by atoms with Crippen LogP contribution in [0.5, 0.6) is 0 Å². The van der Waals surface area contributed by atoms with Crippen molar-refractivity contribution in [2.24, 2.45) is 5.73 Å². The fourth-order valence-corrected chi connectivity index (χ4v) is 2.41. The van der Waals surface area contributed by atoms with Crippen molar-refractivity contribution in [1.82, 2.24) is 9.88 Å². The molecule has 4 heteroatoms. The molecule has 0 spiro atoms. The van der Waals surface area contributed by atoms with Crippen LogP contribution in [-0.4, -0.2) is 28.0 Å². The first kappa shape index (κ1) is 13.9. The number of nitrogens with zero attached hydrogens (tertiary/aromatic N) is 2. The standard InChI is InChI=1S/C15H19N3S/c1-11(9-15(16)19)18(2)10-12-7-8-17-14-6-4-3-5-13(12)14/h3-8,11H,9-10H2,1-2H3,(H2,16,19). The van der Waals surface area contributed by atoms with Gasteiger partial charge in [0.2, 0.25) is 0 Å². The minimum Gasteiger partial charge on any atom is -0.393 e. The quantitative estimate of drug-likeness (QED) is 0.851. The summed E-state index contributed by atoms with van der Waals surface area (Å²) in [5, 5.41) is 1.21. The van der Waals surface area contributed by atoms with E-state index >= 15 is 0 Å². The highest BCUT2D eigenvalue weighted by molar-refractivity contribution is 7.80. The molecule has 2 N–H and O–H groups in total. The number of para-hydroxylation sites is 1. The Balaban J connectivity index is 2.19. The van der Waals surface area contributed by atoms with Crippen molar-refractivity contribution in [1.29, 1.82) is 0 Å². The number of thiocarbonyl (C=S) groups is 1. The maximum atomic E-state index is 5.61. The van der Waals surface area contributed by atoms with Gasteiger partial charge in [-0.2, -0.15) is 0 Å². The molecule has 0 aliphatic rings. The minimum atomic E-state index is 0.337. The Bertz CT molecular complexity index is 577. The molecule has 0 amide bonds. The Morgan fingerprint density at radius 1 is 1.37 bits per heavy atom. The van der Waals surface area contributed by atoms with Gasteiger partial charge < -0.3 is 5.73 Å². The molecular weight excluding hydrogens is 254 g/mol. The number of hydrogen-bond donors (Lipinski definition) is 1. The predicted molar refractivity (Wildman–Crippen MR) is 84.1 cm³/mol. The second-order valence-corrected chi connectivity index (χ2v) is 5.45. The van der Waals surface area contributed by atoms with Crippen LogP contribution in [0.25, 0.3) is 10.9 Å². The van der Waals surface area contributed by atoms with Crippen LogP contribution in [0.2, 0.25) is 0 Å². The summed E-state index contributed by atoms with van der Waals surface area (Å²) in [7, 11) is 2.10. The number of fused-ring (bicyclic) bond motifs is 1. The highest BCUT2D eigenvalue weighted by Crippen LogP contribution is 2.18. The van der Waals surface area contributed by atoms with Gasteiger partial charge in [-0.3, -0.25) is 9.88 Å². The lowest BCUT2D eigenvalue weighted by Gasteiger charge is -2.24. The molecule has 19 heavy (non-hydrogen) atoms. The van der Waals surface area contributed by atoms with Crippen molar-refractivity contribution in [3.63, 3.8) is 0 Å². The van der Waals surface area contributed by atoms with E-state index in [-0.39, 0.29) is 0 Å². The first-order valence-electron chi connectivity index (χ1n) is 6.39. The van der Waals surface area contributed by atoms with Crippen LogP contribution >= 0.6 is 12.2 Å². The highest BCUT2D eigenvalue weighted by atomic mass is 32.1. The van der Waals surface area contributed by atoms with Gasteiger partial charge in [0, 0.05) is 30.6 Å². The molecule has 0 fully saturated rings. The number of benzene rings is 1. The van der Waals surface area contributed by atoms with Gasteiger partial charge in [0.25, 0.3) is 0 Å². The Hall–Kier alpha value is -1.52. The van der Waals surface area contributed by atoms with Crippen LogP contribution in [-0.2, 0) is 6.54 Å². The average molecular weight is 273 g/mol. The van der Waals surface area contributed by atoms with Gasteiger partial charge in [0.05, 0.1) is 10.5 Å². The van der Waals surface area contributed by atoms with Crippen LogP contribution in [0.15, 0.2) is 36.5 Å². The molecular formula is C15H19N3S. The molecule has 1 aromatic carbocycles. The summed E-state index contributed by atoms with van der Waals surface area (Å²) in [6, 6.07) is 10.6. The molecule has 0 saturated heterocycles. The van der Waals surface area contributed by atoms with Gasteiger partial charge in [0.1, 0.15) is 0 Å². The molecule has 100 valence electrons. The molecule has 1 atom stereocenters. The van der Waals surface area contributed by atoms with Crippen molar-refractivity contribution >= 4 is 28.1 Å². The van der Waals surface area contributed by atoms with Gasteiger partial charge in [0.15, 0.2) is 0 Å². The van der Waals surface area contributed by atoms with Gasteiger partial charge in [-0.1, -0.05) is 30.4 Å². The largest absolute Gasteiger partial charge is 0.393 e. The summed E-state index contributed by atoms with van der Waals surface area (Å²) in [6.07, 6.45) is 2.61. The second-order valence-electron chi connectivity index (χ2n) is 4.92. The van der Waals surface area contributed by atoms with E-state index in [1.807, 2.05) is 24.4 Å². The molecule has 2 rings (SSSR count). The number of nitrogens with two attached hydrogens (primary N) is 1. The average Bonchev–Trinajstić information content (AvgIpc) is 2.38. The Morgan fingerprint density at radius 3 is 2.84 bits per heavy atom. The smallest absolute Gasteiger partial charge is 0.0742 e. The van der Waals surface area contributed by atoms with E-state index in [0.717, 1.165) is 18.5 Å². The molecule has 2 aromatic rings. The molecule has 1 heterocycles. The fraction of sp³-hybridized carbons (Fsp3) is 0.333. The summed E-state index contributed by atoms with van der Waals surface area (Å²) in [4.78, 5) is 7.22. The Kier molecular flexibility index (Phi) is 4.45. The molecule has 0 saturated carbocycles. The molecule has 3 nitrogen and oxygen atoms in total. The van der Waals surface area contributed by atoms with E-state index in [9.17, 15) is 0 Å². The van der Waals surface area contributed by atoms with Gasteiger partial charge in [-0.15, -0.1) is 0 Å². The van der Waals surface area contributed by atoms with E-state index in [0.29, 0.717) is 11.0 Å². The summed E-state index contributed by atoms with van der Waals surface area (Å²) < 4.78 is 0. The third-order valence-corrected chi connectivity index (χ3v) is 3.57. The second kappa shape index (κ2) is 6.08. The third-order valence-electron chi connectivity index (χ3n) is 3.41. The van der Waals surface area contributed by atoms with Gasteiger partial charge in [-0.25, -0.2) is 0 Å². The zero-order chi connectivity index (χ0) is 13.8. The van der Waals surface area contributed by atoms with Crippen LogP contribution in [0.1, 0.15) is 18.9 Å². The van der Waals surface area contributed by atoms with Crippen molar-refractivity contribution < 1.29 is 0 Å². The first-order valence-corrected chi connectivity index (χ1v) is 6.80. The Morgan fingerprint density at radius 2 is 2.11 bits per heavy atom. The van der Waals surface area contributed by atoms with Crippen LogP contribution in [0.4, 0.5) is 0 Å². The normalized spacial score (nSPS) is 12.8. The lowest BCUT2D eigenvalue weighted by Crippen LogP contribution is -2.32. The topological polar surface area (TPSA) is 42.1 Å². The van der Waals surface area contributed by atoms with Crippen LogP contribution in [0.3, 0.4) is 0 Å². The summed E-state index contributed by atoms with van der Waals surface area (Å²) >= 11 is 4.97. The maximum absolute atomic E-state index is 5.61. The van der Waals surface area contributed by atoms with E-state index in [1.165, 1.54) is 10.9 Å². The lowest BCUT2D eigenvalue weighted by molar-refractivity contribution is 0.256. The van der Waals surface area contributed by atoms with Crippen molar-refractivity contribution in [3.8, 4) is 0 Å². The predicted octanol–water partition coefficient (Wildman–Crippen LogP) is 2.73. The summed E-state index contributed by atoms with van der Waals surface area (Å²) in [5.74, 6) is 0. The SMILES string of the molecule is CC(CC(N)=S)N(C)Cc1ccnc2ccccc12. The van der Waals surface area contributed by atoms with Crippen molar-refractivity contribution in [2.75, 3.05) is 7.05 Å². The molecule has 0 aliphatic heterocycles. The monoisotopic (exact) mass is 273 g/mol. The lowest BCUT2D eigenvalue weighted by atomic mass is 10.1. The van der Waals surface area contributed by atoms with Crippen LogP contribution in [0, 0.1) is 0 Å². The van der Waals surface area contributed by atoms with E-state index < -0.39 is 0 Å². The fourth-order valence-electron chi connectivity index (χ4n) is 2.16.